The van der Waals surface area contributed by atoms with Gasteiger partial charge >= 0.3 is 11.9 Å². The maximum Gasteiger partial charge on any atom is 0.311 e. The van der Waals surface area contributed by atoms with E-state index in [9.17, 15) is 39.6 Å². The van der Waals surface area contributed by atoms with Crippen LogP contribution in [0.4, 0.5) is 0 Å². The van der Waals surface area contributed by atoms with Crippen molar-refractivity contribution in [1.82, 2.24) is 25.4 Å². The van der Waals surface area contributed by atoms with Crippen LogP contribution in [0.25, 0.3) is 10.9 Å². The van der Waals surface area contributed by atoms with Gasteiger partial charge in [-0.2, -0.15) is 0 Å². The summed E-state index contributed by atoms with van der Waals surface area (Å²) in [6.07, 6.45) is -9.30. The molecule has 0 radical (unpaired) electrons. The van der Waals surface area contributed by atoms with E-state index in [0.29, 0.717) is 58.0 Å². The number of fused-ring (bicyclic) bond motifs is 1. The molecule has 2 aromatic carbocycles. The van der Waals surface area contributed by atoms with Crippen LogP contribution in [-0.2, 0) is 54.0 Å². The summed E-state index contributed by atoms with van der Waals surface area (Å²) in [5.41, 5.74) is -2.31. The highest BCUT2D eigenvalue weighted by Crippen LogP contribution is 2.41. The Bertz CT molecular complexity index is 2650. The van der Waals surface area contributed by atoms with Gasteiger partial charge in [0.1, 0.15) is 35.3 Å². The molecule has 6 rings (SSSR count). The van der Waals surface area contributed by atoms with Crippen molar-refractivity contribution in [3.05, 3.63) is 64.3 Å². The number of hydrogen-bond acceptors (Lipinski definition) is 19. The average molecular weight is 1190 g/mol. The Kier molecular flexibility index (Phi) is 23.6. The lowest BCUT2D eigenvalue weighted by Crippen LogP contribution is -2.61. The quantitative estimate of drug-likeness (QED) is 0.0648. The van der Waals surface area contributed by atoms with Crippen molar-refractivity contribution in [2.24, 2.45) is 17.8 Å². The number of cyclic esters (lactones) is 1. The molecule has 7 N–H and O–H groups in total. The highest BCUT2D eigenvalue weighted by Gasteiger charge is 2.53. The molecule has 3 aliphatic rings. The number of rotatable bonds is 18. The molecule has 0 unspecified atom stereocenters. The van der Waals surface area contributed by atoms with Crippen LogP contribution in [0.5, 0.6) is 5.75 Å². The molecule has 21 nitrogen and oxygen atoms in total. The Morgan fingerprint density at radius 3 is 2.24 bits per heavy atom. The highest BCUT2D eigenvalue weighted by atomic mass is 35.5. The van der Waals surface area contributed by atoms with Crippen molar-refractivity contribution in [2.45, 2.75) is 205 Å². The van der Waals surface area contributed by atoms with Crippen molar-refractivity contribution in [2.75, 3.05) is 54.5 Å². The van der Waals surface area contributed by atoms with Gasteiger partial charge < -0.3 is 79.2 Å². The molecule has 0 aliphatic carbocycles. The van der Waals surface area contributed by atoms with Crippen LogP contribution in [0.3, 0.4) is 0 Å². The number of esters is 2. The molecule has 3 aromatic rings. The lowest BCUT2D eigenvalue weighted by molar-refractivity contribution is -0.318. The Labute approximate surface area is 494 Å². The number of aliphatic hydroxyl groups excluding tert-OH is 2. The number of benzene rings is 2. The van der Waals surface area contributed by atoms with E-state index >= 15 is 0 Å². The van der Waals surface area contributed by atoms with Crippen LogP contribution in [0, 0.1) is 24.7 Å². The number of aromatic nitrogens is 1. The average Bonchev–Trinajstić information content (AvgIpc) is 4.02. The summed E-state index contributed by atoms with van der Waals surface area (Å²) in [5.74, 6) is -3.40. The lowest BCUT2D eigenvalue weighted by Gasteiger charge is -2.49. The van der Waals surface area contributed by atoms with Crippen molar-refractivity contribution >= 4 is 46.3 Å². The fourth-order valence-corrected chi connectivity index (χ4v) is 12.5. The molecule has 3 saturated heterocycles. The van der Waals surface area contributed by atoms with E-state index in [1.54, 1.807) is 103 Å². The number of ether oxygens (including phenoxy) is 8. The third kappa shape index (κ3) is 16.2. The number of likely N-dealkylation sites (N-methyl/N-ethyl adjacent to an activating group) is 1. The first-order chi connectivity index (χ1) is 39.0. The Morgan fingerprint density at radius 1 is 0.916 bits per heavy atom. The van der Waals surface area contributed by atoms with E-state index in [1.807, 2.05) is 38.9 Å². The van der Waals surface area contributed by atoms with Gasteiger partial charge in [0.15, 0.2) is 18.7 Å². The molecule has 0 saturated carbocycles. The summed E-state index contributed by atoms with van der Waals surface area (Å²) in [6.45, 7) is 20.3. The van der Waals surface area contributed by atoms with E-state index in [4.69, 9.17) is 49.5 Å². The zero-order chi connectivity index (χ0) is 61.5. The predicted molar refractivity (Wildman–Crippen MR) is 312 cm³/mol. The normalized spacial score (nSPS) is 35.0. The molecule has 18 atom stereocenters. The molecule has 3 fully saturated rings. The van der Waals surface area contributed by atoms with Crippen molar-refractivity contribution in [3.8, 4) is 5.75 Å². The van der Waals surface area contributed by atoms with Crippen molar-refractivity contribution < 1.29 is 77.5 Å². The number of nitrogens with one attached hydrogen (secondary N) is 3. The second-order valence-electron chi connectivity index (χ2n) is 24.3. The van der Waals surface area contributed by atoms with E-state index in [2.05, 4.69) is 16.0 Å². The van der Waals surface area contributed by atoms with Crippen LogP contribution >= 0.6 is 11.6 Å². The van der Waals surface area contributed by atoms with E-state index in [-0.39, 0.29) is 75.1 Å². The molecule has 83 heavy (non-hydrogen) atoms. The van der Waals surface area contributed by atoms with Gasteiger partial charge in [0, 0.05) is 72.8 Å². The Morgan fingerprint density at radius 2 is 1.60 bits per heavy atom. The zero-order valence-corrected chi connectivity index (χ0v) is 52.0. The molecule has 3 aliphatic heterocycles. The fourth-order valence-electron chi connectivity index (χ4n) is 12.4. The highest BCUT2D eigenvalue weighted by molar-refractivity contribution is 6.30. The summed E-state index contributed by atoms with van der Waals surface area (Å²) in [4.78, 5) is 57.2. The van der Waals surface area contributed by atoms with Gasteiger partial charge in [-0.05, 0) is 149 Å². The lowest BCUT2D eigenvalue weighted by atomic mass is 9.77. The van der Waals surface area contributed by atoms with Crippen molar-refractivity contribution in [3.63, 3.8) is 0 Å². The second kappa shape index (κ2) is 28.9. The fraction of sp³-hybridized carbons (Fsp3) is 0.705. The van der Waals surface area contributed by atoms with Gasteiger partial charge in [0.05, 0.1) is 61.4 Å². The molecule has 0 bridgehead atoms. The first kappa shape index (κ1) is 67.8. The number of carbonyl (C=O) groups excluding carboxylic acids is 4. The zero-order valence-electron chi connectivity index (χ0n) is 51.2. The van der Waals surface area contributed by atoms with Gasteiger partial charge in [0.25, 0.3) is 5.91 Å². The Balaban J connectivity index is 1.13. The van der Waals surface area contributed by atoms with Crippen LogP contribution < -0.4 is 20.7 Å². The topological polar surface area (TPSA) is 267 Å². The number of nitrogens with zero attached hydrogens (tertiary/aromatic N) is 2. The van der Waals surface area contributed by atoms with Crippen LogP contribution in [-0.4, -0.2) is 198 Å². The minimum atomic E-state index is -1.87. The minimum Gasteiger partial charge on any atom is -0.497 e. The number of carbonyl (C=O) groups is 4. The summed E-state index contributed by atoms with van der Waals surface area (Å²) in [7, 11) is 6.78. The predicted octanol–water partition coefficient (Wildman–Crippen LogP) is 5.06. The monoisotopic (exact) mass is 1190 g/mol. The SMILES string of the molecule is CC[C@H]1OC(=O)[C@H](C)[C@@H](O[C@H]2C[C@@](C)(OC)[C@@H](OC(=O)CCNCCNC(=O)Cc3c(C)n(C(=O)c4ccc(Cl)cc4)c4ccc(OC)cc34)[C@H](C)O2)[C@H](C)[C@@H](O[C@@H]2O[C@H](C)C[C@H](N(C)C)[C@H]2O)[C@](C)(O)C[C@@H](C)CN[C@H](C)[C@@H](O)[C@]1(C)O. The van der Waals surface area contributed by atoms with E-state index in [0.717, 1.165) is 0 Å². The molecular formula is C61H94ClN5O16. The standard InChI is InChI=1S/C61H94ClN5O16/c1-16-47-61(11,75)53(71)37(6)65-32-33(2)30-59(9,74)54(83-58-51(70)46(66(12)13)27-34(3)78-58)35(4)52(36(5)57(73)80-47)82-50-31-60(10,77-15)55(39(8)79-50)81-49(69)23-24-63-25-26-64-48(68)29-43-38(7)67(45-22-21-42(76-14)28-44(43)45)56(72)40-17-19-41(62)20-18-40/h17-22,28,33-37,39,46-47,50-55,58,63,65,70-71,74-75H,16,23-27,29-32H2,1-15H3,(H,64,68)/t33-,34-,35+,36-,37-,39+,46+,47-,50+,51-,52+,53-,54-,55+,58+,59-,60-,61-/m1/s1. The number of halogens is 1. The minimum absolute atomic E-state index is 0.000888. The smallest absolute Gasteiger partial charge is 0.311 e. The third-order valence-corrected chi connectivity index (χ3v) is 17.5. The molecule has 4 heterocycles. The first-order valence-corrected chi connectivity index (χ1v) is 29.6. The summed E-state index contributed by atoms with van der Waals surface area (Å²) in [5, 5.41) is 58.4. The van der Waals surface area contributed by atoms with Crippen LogP contribution in [0.15, 0.2) is 42.5 Å². The van der Waals surface area contributed by atoms with Gasteiger partial charge in [0.2, 0.25) is 5.91 Å². The summed E-state index contributed by atoms with van der Waals surface area (Å²) in [6, 6.07) is 11.0. The van der Waals surface area contributed by atoms with Gasteiger partial charge in [-0.15, -0.1) is 0 Å². The maximum atomic E-state index is 14.6. The van der Waals surface area contributed by atoms with Gasteiger partial charge in [-0.1, -0.05) is 32.4 Å². The molecule has 466 valence electrons. The largest absolute Gasteiger partial charge is 0.497 e. The summed E-state index contributed by atoms with van der Waals surface area (Å²) >= 11 is 6.09. The molecule has 0 spiro atoms. The van der Waals surface area contributed by atoms with Gasteiger partial charge in [-0.3, -0.25) is 23.7 Å². The summed E-state index contributed by atoms with van der Waals surface area (Å²) < 4.78 is 51.9. The van der Waals surface area contributed by atoms with E-state index in [1.165, 1.54) is 14.0 Å². The van der Waals surface area contributed by atoms with Crippen LogP contribution in [0.1, 0.15) is 123 Å². The van der Waals surface area contributed by atoms with Gasteiger partial charge in [-0.25, -0.2) is 0 Å². The Hall–Kier alpha value is -4.33. The molecular weight excluding hydrogens is 1090 g/mol. The number of aliphatic hydroxyl groups is 4. The number of methoxy groups -OCH3 is 2. The van der Waals surface area contributed by atoms with E-state index < -0.39 is 102 Å². The second-order valence-corrected chi connectivity index (χ2v) is 24.7. The third-order valence-electron chi connectivity index (χ3n) is 17.2. The van der Waals surface area contributed by atoms with Crippen molar-refractivity contribution in [1.29, 1.82) is 0 Å². The molecule has 22 heteroatoms. The van der Waals surface area contributed by atoms with Crippen LogP contribution in [0.2, 0.25) is 5.02 Å². The first-order valence-electron chi connectivity index (χ1n) is 29.2. The molecule has 1 aromatic heterocycles. The maximum absolute atomic E-state index is 14.6. The molecule has 1 amide bonds. The number of hydrogen-bond donors (Lipinski definition) is 7. The number of amides is 1.